The summed E-state index contributed by atoms with van der Waals surface area (Å²) in [6.45, 7) is 1.13. The Morgan fingerprint density at radius 2 is 1.67 bits per heavy atom. The number of guanidine groups is 1. The van der Waals surface area contributed by atoms with Crippen LogP contribution in [0, 0.1) is 0 Å². The van der Waals surface area contributed by atoms with Gasteiger partial charge in [0.05, 0.1) is 11.4 Å². The van der Waals surface area contributed by atoms with Gasteiger partial charge in [-0.25, -0.2) is 13.4 Å². The Morgan fingerprint density at radius 3 is 2.25 bits per heavy atom. The van der Waals surface area contributed by atoms with Crippen molar-refractivity contribution in [1.82, 2.24) is 5.32 Å². The first-order valence-electron chi connectivity index (χ1n) is 7.32. The third-order valence-electron chi connectivity index (χ3n) is 3.35. The van der Waals surface area contributed by atoms with Gasteiger partial charge in [-0.15, -0.1) is 24.0 Å². The standard InChI is InChI=1S/C17H21N3O2S.HI/c1-23(21,22)16-9-7-15(8-10-16)13-20-17(18)19-12-11-14-5-3-2-4-6-14;/h2-10H,11-13H2,1H3,(H3,18,19,20);1H. The van der Waals surface area contributed by atoms with Crippen molar-refractivity contribution in [3.63, 3.8) is 0 Å². The molecule has 5 nitrogen and oxygen atoms in total. The van der Waals surface area contributed by atoms with E-state index < -0.39 is 9.84 Å². The number of benzene rings is 2. The summed E-state index contributed by atoms with van der Waals surface area (Å²) in [5.74, 6) is 0.383. The molecule has 2 aromatic rings. The summed E-state index contributed by atoms with van der Waals surface area (Å²) in [7, 11) is -3.16. The Bertz CT molecular complexity index is 760. The summed E-state index contributed by atoms with van der Waals surface area (Å²) in [5.41, 5.74) is 7.98. The van der Waals surface area contributed by atoms with Gasteiger partial charge in [0.15, 0.2) is 15.8 Å². The highest BCUT2D eigenvalue weighted by molar-refractivity contribution is 14.0. The first-order chi connectivity index (χ1) is 10.9. The Balaban J connectivity index is 0.00000288. The molecular formula is C17H22IN3O2S. The summed E-state index contributed by atoms with van der Waals surface area (Å²) in [6, 6.07) is 16.8. The number of aliphatic imine (C=N–C) groups is 1. The monoisotopic (exact) mass is 459 g/mol. The molecule has 0 fully saturated rings. The lowest BCUT2D eigenvalue weighted by atomic mass is 10.1. The molecule has 2 rings (SSSR count). The molecule has 0 heterocycles. The van der Waals surface area contributed by atoms with E-state index in [4.69, 9.17) is 5.73 Å². The lowest BCUT2D eigenvalue weighted by Crippen LogP contribution is -2.33. The van der Waals surface area contributed by atoms with Crippen LogP contribution in [0.1, 0.15) is 11.1 Å². The van der Waals surface area contributed by atoms with Crippen molar-refractivity contribution in [3.8, 4) is 0 Å². The maximum Gasteiger partial charge on any atom is 0.188 e. The SMILES string of the molecule is CS(=O)(=O)c1ccc(CN=C(N)NCCc2ccccc2)cc1.I. The van der Waals surface area contributed by atoms with Crippen molar-refractivity contribution in [2.75, 3.05) is 12.8 Å². The second kappa shape index (κ2) is 9.63. The summed E-state index contributed by atoms with van der Waals surface area (Å²) in [4.78, 5) is 4.56. The Morgan fingerprint density at radius 1 is 1.04 bits per heavy atom. The quantitative estimate of drug-likeness (QED) is 0.395. The van der Waals surface area contributed by atoms with Gasteiger partial charge in [0.25, 0.3) is 0 Å². The molecule has 0 saturated carbocycles. The molecule has 130 valence electrons. The number of hydrogen-bond acceptors (Lipinski definition) is 3. The largest absolute Gasteiger partial charge is 0.370 e. The van der Waals surface area contributed by atoms with E-state index in [1.54, 1.807) is 24.3 Å². The highest BCUT2D eigenvalue weighted by Crippen LogP contribution is 2.10. The van der Waals surface area contributed by atoms with Crippen LogP contribution in [0.4, 0.5) is 0 Å². The van der Waals surface area contributed by atoms with Crippen molar-refractivity contribution < 1.29 is 8.42 Å². The summed E-state index contributed by atoms with van der Waals surface area (Å²) < 4.78 is 22.8. The van der Waals surface area contributed by atoms with Crippen molar-refractivity contribution in [3.05, 3.63) is 65.7 Å². The Hall–Kier alpha value is -1.61. The fourth-order valence-electron chi connectivity index (χ4n) is 2.05. The Kier molecular flexibility index (Phi) is 8.20. The average Bonchev–Trinajstić information content (AvgIpc) is 2.53. The molecule has 7 heteroatoms. The number of sulfone groups is 1. The number of hydrogen-bond donors (Lipinski definition) is 2. The second-order valence-corrected chi connectivity index (χ2v) is 7.30. The van der Waals surface area contributed by atoms with Gasteiger partial charge in [0.2, 0.25) is 0 Å². The van der Waals surface area contributed by atoms with E-state index in [0.717, 1.165) is 12.0 Å². The molecular weight excluding hydrogens is 437 g/mol. The van der Waals surface area contributed by atoms with E-state index in [1.165, 1.54) is 11.8 Å². The number of rotatable bonds is 6. The molecule has 0 radical (unpaired) electrons. The summed E-state index contributed by atoms with van der Waals surface area (Å²) >= 11 is 0. The number of halogens is 1. The molecule has 0 aliphatic carbocycles. The van der Waals surface area contributed by atoms with Gasteiger partial charge in [-0.05, 0) is 29.7 Å². The van der Waals surface area contributed by atoms with Crippen LogP contribution in [0.5, 0.6) is 0 Å². The van der Waals surface area contributed by atoms with Crippen LogP contribution in [0.25, 0.3) is 0 Å². The topological polar surface area (TPSA) is 84.5 Å². The molecule has 0 amide bonds. The lowest BCUT2D eigenvalue weighted by Gasteiger charge is -2.06. The van der Waals surface area contributed by atoms with E-state index in [1.807, 2.05) is 18.2 Å². The molecule has 3 N–H and O–H groups in total. The zero-order valence-corrected chi connectivity index (χ0v) is 16.6. The normalized spacial score (nSPS) is 11.6. The van der Waals surface area contributed by atoms with E-state index in [-0.39, 0.29) is 24.0 Å². The maximum absolute atomic E-state index is 11.4. The predicted molar refractivity (Wildman–Crippen MR) is 108 cm³/mol. The van der Waals surface area contributed by atoms with E-state index in [0.29, 0.717) is 23.9 Å². The van der Waals surface area contributed by atoms with Gasteiger partial charge in [-0.2, -0.15) is 0 Å². The minimum absolute atomic E-state index is 0. The minimum atomic E-state index is -3.16. The van der Waals surface area contributed by atoms with Crippen molar-refractivity contribution >= 4 is 39.8 Å². The van der Waals surface area contributed by atoms with Gasteiger partial charge in [0, 0.05) is 12.8 Å². The summed E-state index contributed by atoms with van der Waals surface area (Å²) in [6.07, 6.45) is 2.06. The molecule has 0 spiro atoms. The maximum atomic E-state index is 11.4. The molecule has 0 aromatic heterocycles. The predicted octanol–water partition coefficient (Wildman–Crippen LogP) is 2.36. The summed E-state index contributed by atoms with van der Waals surface area (Å²) in [5, 5.41) is 3.07. The molecule has 0 bridgehead atoms. The van der Waals surface area contributed by atoms with E-state index in [2.05, 4.69) is 22.4 Å². The molecule has 0 aliphatic heterocycles. The average molecular weight is 459 g/mol. The van der Waals surface area contributed by atoms with Gasteiger partial charge in [0.1, 0.15) is 0 Å². The molecule has 0 unspecified atom stereocenters. The highest BCUT2D eigenvalue weighted by Gasteiger charge is 2.05. The minimum Gasteiger partial charge on any atom is -0.370 e. The molecule has 0 aliphatic rings. The number of nitrogens with one attached hydrogen (secondary N) is 1. The van der Waals surface area contributed by atoms with Crippen LogP contribution in [0.2, 0.25) is 0 Å². The zero-order valence-electron chi connectivity index (χ0n) is 13.5. The molecule has 24 heavy (non-hydrogen) atoms. The third kappa shape index (κ3) is 6.88. The lowest BCUT2D eigenvalue weighted by molar-refractivity contribution is 0.602. The first-order valence-corrected chi connectivity index (χ1v) is 9.21. The zero-order chi connectivity index (χ0) is 16.7. The Labute approximate surface area is 160 Å². The number of nitrogens with two attached hydrogens (primary N) is 1. The third-order valence-corrected chi connectivity index (χ3v) is 4.47. The van der Waals surface area contributed by atoms with Crippen LogP contribution >= 0.6 is 24.0 Å². The van der Waals surface area contributed by atoms with E-state index >= 15 is 0 Å². The van der Waals surface area contributed by atoms with Crippen LogP contribution in [0.3, 0.4) is 0 Å². The van der Waals surface area contributed by atoms with Gasteiger partial charge >= 0.3 is 0 Å². The number of nitrogens with zero attached hydrogens (tertiary/aromatic N) is 1. The molecule has 0 saturated heterocycles. The molecule has 2 aromatic carbocycles. The van der Waals surface area contributed by atoms with Gasteiger partial charge in [-0.3, -0.25) is 0 Å². The fourth-order valence-corrected chi connectivity index (χ4v) is 2.68. The van der Waals surface area contributed by atoms with Crippen LogP contribution in [0.15, 0.2) is 64.5 Å². The van der Waals surface area contributed by atoms with Crippen LogP contribution < -0.4 is 11.1 Å². The van der Waals surface area contributed by atoms with Gasteiger partial charge in [-0.1, -0.05) is 42.5 Å². The van der Waals surface area contributed by atoms with Crippen molar-refractivity contribution in [2.45, 2.75) is 17.9 Å². The highest BCUT2D eigenvalue weighted by atomic mass is 127. The van der Waals surface area contributed by atoms with Crippen molar-refractivity contribution in [2.24, 2.45) is 10.7 Å². The fraction of sp³-hybridized carbons (Fsp3) is 0.235. The van der Waals surface area contributed by atoms with Crippen molar-refractivity contribution in [1.29, 1.82) is 0 Å². The van der Waals surface area contributed by atoms with Gasteiger partial charge < -0.3 is 11.1 Å². The van der Waals surface area contributed by atoms with Crippen LogP contribution in [-0.4, -0.2) is 27.2 Å². The molecule has 0 atom stereocenters. The van der Waals surface area contributed by atoms with Crippen LogP contribution in [-0.2, 0) is 22.8 Å². The first kappa shape index (κ1) is 20.4. The second-order valence-electron chi connectivity index (χ2n) is 5.28. The van der Waals surface area contributed by atoms with E-state index in [9.17, 15) is 8.42 Å². The smallest absolute Gasteiger partial charge is 0.188 e.